The molecule has 6 heteroatoms. The molecule has 1 amide bonds. The fourth-order valence-electron chi connectivity index (χ4n) is 2.60. The fourth-order valence-corrected chi connectivity index (χ4v) is 2.76. The Bertz CT molecular complexity index is 578. The molecule has 0 bridgehead atoms. The molecule has 0 N–H and O–H groups in total. The van der Waals surface area contributed by atoms with Crippen LogP contribution < -0.4 is 0 Å². The van der Waals surface area contributed by atoms with Crippen LogP contribution in [0.2, 0.25) is 5.02 Å². The number of piperidine rings is 1. The molecule has 0 unspecified atom stereocenters. The highest BCUT2D eigenvalue weighted by Gasteiger charge is 2.39. The van der Waals surface area contributed by atoms with Crippen LogP contribution in [0.1, 0.15) is 25.3 Å². The van der Waals surface area contributed by atoms with E-state index in [9.17, 15) is 14.4 Å². The van der Waals surface area contributed by atoms with E-state index in [2.05, 4.69) is 6.07 Å². The molecule has 2 rings (SSSR count). The van der Waals surface area contributed by atoms with E-state index in [0.717, 1.165) is 0 Å². The van der Waals surface area contributed by atoms with E-state index in [1.165, 1.54) is 6.07 Å². The fraction of sp³-hybridized carbons (Fsp3) is 0.467. The van der Waals surface area contributed by atoms with Crippen LogP contribution in [0, 0.1) is 17.1 Å². The number of amides is 1. The van der Waals surface area contributed by atoms with E-state index in [-0.39, 0.29) is 6.09 Å². The van der Waals surface area contributed by atoms with Crippen LogP contribution in [-0.4, -0.2) is 30.7 Å². The average molecular weight is 311 g/mol. The molecule has 0 radical (unpaired) electrons. The molecule has 1 aromatic carbocycles. The Balaban J connectivity index is 2.19. The number of carbonyl (C=O) groups is 1. The van der Waals surface area contributed by atoms with Crippen LogP contribution >= 0.6 is 11.6 Å². The second-order valence-electron chi connectivity index (χ2n) is 5.00. The number of hydrogen-bond donors (Lipinski definition) is 0. The Morgan fingerprint density at radius 3 is 2.71 bits per heavy atom. The Labute approximate surface area is 128 Å². The van der Waals surface area contributed by atoms with Gasteiger partial charge in [0.2, 0.25) is 0 Å². The van der Waals surface area contributed by atoms with Crippen molar-refractivity contribution in [3.63, 3.8) is 0 Å². The Hall–Kier alpha value is -1.80. The zero-order chi connectivity index (χ0) is 15.5. The van der Waals surface area contributed by atoms with Gasteiger partial charge in [0.25, 0.3) is 0 Å². The molecule has 1 heterocycles. The van der Waals surface area contributed by atoms with Crippen molar-refractivity contribution in [1.82, 2.24) is 4.90 Å². The summed E-state index contributed by atoms with van der Waals surface area (Å²) in [5, 5.41) is 9.83. The van der Waals surface area contributed by atoms with E-state index in [0.29, 0.717) is 43.1 Å². The van der Waals surface area contributed by atoms with E-state index in [1.54, 1.807) is 24.0 Å². The van der Waals surface area contributed by atoms with Crippen molar-refractivity contribution in [2.45, 2.75) is 25.2 Å². The van der Waals surface area contributed by atoms with Crippen molar-refractivity contribution in [1.29, 1.82) is 5.26 Å². The Morgan fingerprint density at radius 1 is 1.52 bits per heavy atom. The van der Waals surface area contributed by atoms with Gasteiger partial charge < -0.3 is 9.64 Å². The van der Waals surface area contributed by atoms with E-state index in [1.807, 2.05) is 0 Å². The molecule has 1 saturated heterocycles. The summed E-state index contributed by atoms with van der Waals surface area (Å²) in [7, 11) is 0. The third kappa shape index (κ3) is 3.11. The van der Waals surface area contributed by atoms with Crippen LogP contribution in [0.15, 0.2) is 18.2 Å². The zero-order valence-corrected chi connectivity index (χ0v) is 12.5. The van der Waals surface area contributed by atoms with Gasteiger partial charge in [0, 0.05) is 23.7 Å². The minimum absolute atomic E-state index is 0.299. The molecule has 1 aliphatic heterocycles. The molecule has 1 aliphatic rings. The third-order valence-electron chi connectivity index (χ3n) is 3.80. The molecular formula is C15H16ClFN2O2. The predicted octanol–water partition coefficient (Wildman–Crippen LogP) is 3.49. The summed E-state index contributed by atoms with van der Waals surface area (Å²) in [6.07, 6.45) is 0.363. The lowest BCUT2D eigenvalue weighted by atomic mass is 9.74. The second-order valence-corrected chi connectivity index (χ2v) is 5.44. The number of halogens is 2. The van der Waals surface area contributed by atoms with Gasteiger partial charge in [-0.1, -0.05) is 17.7 Å². The normalized spacial score (nSPS) is 17.1. The van der Waals surface area contributed by atoms with Gasteiger partial charge in [-0.2, -0.15) is 5.26 Å². The number of likely N-dealkylation sites (tertiary alicyclic amines) is 1. The SMILES string of the molecule is CCOC(=O)N1CCC(C#N)(c2ccc(Cl)cc2F)CC1. The maximum Gasteiger partial charge on any atom is 0.409 e. The highest BCUT2D eigenvalue weighted by Crippen LogP contribution is 2.37. The zero-order valence-electron chi connectivity index (χ0n) is 11.7. The van der Waals surface area contributed by atoms with Crippen LogP contribution in [-0.2, 0) is 10.2 Å². The molecule has 0 spiro atoms. The van der Waals surface area contributed by atoms with E-state index in [4.69, 9.17) is 16.3 Å². The van der Waals surface area contributed by atoms with Crippen LogP contribution in [0.5, 0.6) is 0 Å². The summed E-state index contributed by atoms with van der Waals surface area (Å²) in [6.45, 7) is 2.79. The number of nitriles is 1. The van der Waals surface area contributed by atoms with Gasteiger partial charge >= 0.3 is 6.09 Å². The molecule has 112 valence electrons. The first-order valence-corrected chi connectivity index (χ1v) is 7.18. The van der Waals surface area contributed by atoms with Crippen LogP contribution in [0.25, 0.3) is 0 Å². The largest absolute Gasteiger partial charge is 0.450 e. The van der Waals surface area contributed by atoms with Gasteiger partial charge in [0.15, 0.2) is 0 Å². The van der Waals surface area contributed by atoms with Crippen molar-refractivity contribution in [2.24, 2.45) is 0 Å². The molecular weight excluding hydrogens is 295 g/mol. The topological polar surface area (TPSA) is 53.3 Å². The molecule has 21 heavy (non-hydrogen) atoms. The average Bonchev–Trinajstić information content (AvgIpc) is 2.47. The number of rotatable bonds is 2. The number of benzene rings is 1. The van der Waals surface area contributed by atoms with E-state index >= 15 is 0 Å². The third-order valence-corrected chi connectivity index (χ3v) is 4.04. The molecule has 1 aromatic rings. The van der Waals surface area contributed by atoms with Gasteiger partial charge in [0.05, 0.1) is 18.1 Å². The number of ether oxygens (including phenoxy) is 1. The first kappa shape index (κ1) is 15.6. The summed E-state index contributed by atoms with van der Waals surface area (Å²) < 4.78 is 19.0. The minimum atomic E-state index is -0.919. The monoisotopic (exact) mass is 310 g/mol. The summed E-state index contributed by atoms with van der Waals surface area (Å²) in [6, 6.07) is 6.58. The quantitative estimate of drug-likeness (QED) is 0.840. The maximum absolute atomic E-state index is 14.1. The lowest BCUT2D eigenvalue weighted by Crippen LogP contribution is -2.45. The number of hydrogen-bond acceptors (Lipinski definition) is 3. The van der Waals surface area contributed by atoms with Crippen LogP contribution in [0.3, 0.4) is 0 Å². The summed E-state index contributed by atoms with van der Waals surface area (Å²) in [5.41, 5.74) is -0.574. The Morgan fingerprint density at radius 2 is 2.19 bits per heavy atom. The first-order valence-electron chi connectivity index (χ1n) is 6.81. The lowest BCUT2D eigenvalue weighted by molar-refractivity contribution is 0.0918. The van der Waals surface area contributed by atoms with Crippen molar-refractivity contribution < 1.29 is 13.9 Å². The summed E-state index contributed by atoms with van der Waals surface area (Å²) in [5.74, 6) is -0.478. The van der Waals surface area contributed by atoms with Gasteiger partial charge in [-0.25, -0.2) is 9.18 Å². The highest BCUT2D eigenvalue weighted by atomic mass is 35.5. The van der Waals surface area contributed by atoms with Crippen LogP contribution in [0.4, 0.5) is 9.18 Å². The Kier molecular flexibility index (Phi) is 4.69. The molecule has 1 fully saturated rings. The van der Waals surface area contributed by atoms with Crippen molar-refractivity contribution in [2.75, 3.05) is 19.7 Å². The van der Waals surface area contributed by atoms with E-state index < -0.39 is 11.2 Å². The van der Waals surface area contributed by atoms with Gasteiger partial charge in [-0.05, 0) is 31.9 Å². The molecule has 0 aromatic heterocycles. The standard InChI is InChI=1S/C15H16ClFN2O2/c1-2-21-14(20)19-7-5-15(10-18,6-8-19)12-4-3-11(16)9-13(12)17/h3-4,9H,2,5-8H2,1H3. The molecule has 4 nitrogen and oxygen atoms in total. The van der Waals surface area contributed by atoms with Crippen molar-refractivity contribution >= 4 is 17.7 Å². The lowest BCUT2D eigenvalue weighted by Gasteiger charge is -2.37. The summed E-state index contributed by atoms with van der Waals surface area (Å²) >= 11 is 5.75. The first-order chi connectivity index (χ1) is 10.0. The van der Waals surface area contributed by atoms with Gasteiger partial charge in [-0.15, -0.1) is 0 Å². The van der Waals surface area contributed by atoms with Crippen molar-refractivity contribution in [3.05, 3.63) is 34.6 Å². The maximum atomic E-state index is 14.1. The molecule has 0 saturated carbocycles. The molecule has 0 atom stereocenters. The van der Waals surface area contributed by atoms with Gasteiger partial charge in [-0.3, -0.25) is 0 Å². The molecule has 0 aliphatic carbocycles. The minimum Gasteiger partial charge on any atom is -0.450 e. The second kappa shape index (κ2) is 6.31. The highest BCUT2D eigenvalue weighted by molar-refractivity contribution is 6.30. The summed E-state index contributed by atoms with van der Waals surface area (Å²) in [4.78, 5) is 13.2. The van der Waals surface area contributed by atoms with Crippen molar-refractivity contribution in [3.8, 4) is 6.07 Å². The number of carbonyl (C=O) groups excluding carboxylic acids is 1. The van der Waals surface area contributed by atoms with Gasteiger partial charge in [0.1, 0.15) is 5.82 Å². The smallest absolute Gasteiger partial charge is 0.409 e. The predicted molar refractivity (Wildman–Crippen MR) is 76.5 cm³/mol. The number of nitrogens with zero attached hydrogens (tertiary/aromatic N) is 2.